The van der Waals surface area contributed by atoms with E-state index in [1.54, 1.807) is 0 Å². The summed E-state index contributed by atoms with van der Waals surface area (Å²) in [6, 6.07) is 9.76. The van der Waals surface area contributed by atoms with Gasteiger partial charge in [0, 0.05) is 0 Å². The summed E-state index contributed by atoms with van der Waals surface area (Å²) in [5, 5.41) is 1.08. The Morgan fingerprint density at radius 1 is 1.18 bits per heavy atom. The molecule has 0 spiro atoms. The van der Waals surface area contributed by atoms with E-state index in [0.717, 1.165) is 5.30 Å². The molecule has 0 amide bonds. The zero-order chi connectivity index (χ0) is 8.27. The van der Waals surface area contributed by atoms with Gasteiger partial charge in [-0.25, -0.2) is 0 Å². The van der Waals surface area contributed by atoms with Gasteiger partial charge in [-0.1, -0.05) is 18.2 Å². The third kappa shape index (κ3) is 2.31. The van der Waals surface area contributed by atoms with Crippen molar-refractivity contribution < 1.29 is 0 Å². The predicted octanol–water partition coefficient (Wildman–Crippen LogP) is 0.457. The average molecular weight is 185 g/mol. The standard InChI is InChI=1S/C7H10N2PS/c8-7(9)10(11)6-4-2-1-3-5-6/h1-5,7H,8-9H2/q+1. The van der Waals surface area contributed by atoms with Crippen LogP contribution in [-0.4, -0.2) is 5.91 Å². The van der Waals surface area contributed by atoms with Gasteiger partial charge in [-0.2, -0.15) is 0 Å². The summed E-state index contributed by atoms with van der Waals surface area (Å²) < 4.78 is 0. The Bertz CT molecular complexity index is 248. The molecule has 11 heavy (non-hydrogen) atoms. The van der Waals surface area contributed by atoms with Crippen LogP contribution in [-0.2, 0) is 11.8 Å². The molecule has 0 aliphatic carbocycles. The normalized spacial score (nSPS) is 11.7. The molecule has 0 aliphatic rings. The summed E-state index contributed by atoms with van der Waals surface area (Å²) >= 11 is 5.14. The second-order valence-electron chi connectivity index (χ2n) is 2.15. The number of hydrogen-bond donors (Lipinski definition) is 2. The number of rotatable bonds is 2. The van der Waals surface area contributed by atoms with Crippen molar-refractivity contribution in [3.05, 3.63) is 30.3 Å². The van der Waals surface area contributed by atoms with Crippen molar-refractivity contribution in [1.29, 1.82) is 0 Å². The summed E-state index contributed by atoms with van der Waals surface area (Å²) in [7, 11) is 0. The van der Waals surface area contributed by atoms with Gasteiger partial charge in [0.15, 0.2) is 17.1 Å². The highest BCUT2D eigenvalue weighted by Crippen LogP contribution is 2.19. The van der Waals surface area contributed by atoms with Crippen LogP contribution < -0.4 is 16.8 Å². The molecule has 1 atom stereocenters. The van der Waals surface area contributed by atoms with E-state index < -0.39 is 6.70 Å². The minimum atomic E-state index is -0.796. The fourth-order valence-electron chi connectivity index (χ4n) is 0.747. The van der Waals surface area contributed by atoms with Crippen LogP contribution in [0.2, 0.25) is 0 Å². The first-order chi connectivity index (χ1) is 5.22. The lowest BCUT2D eigenvalue weighted by Crippen LogP contribution is -2.28. The van der Waals surface area contributed by atoms with Crippen LogP contribution in [0, 0.1) is 0 Å². The van der Waals surface area contributed by atoms with Crippen LogP contribution in [0.25, 0.3) is 0 Å². The van der Waals surface area contributed by atoms with Gasteiger partial charge in [-0.3, -0.25) is 11.5 Å². The van der Waals surface area contributed by atoms with Crippen molar-refractivity contribution in [2.24, 2.45) is 11.5 Å². The Labute approximate surface area is 72.0 Å². The smallest absolute Gasteiger partial charge is 0.247 e. The van der Waals surface area contributed by atoms with Crippen LogP contribution in [0.1, 0.15) is 0 Å². The number of nitrogens with two attached hydrogens (primary N) is 2. The first-order valence-electron chi connectivity index (χ1n) is 3.24. The third-order valence-electron chi connectivity index (χ3n) is 1.28. The van der Waals surface area contributed by atoms with E-state index >= 15 is 0 Å². The highest BCUT2D eigenvalue weighted by molar-refractivity contribution is 8.08. The molecule has 0 saturated heterocycles. The van der Waals surface area contributed by atoms with Crippen molar-refractivity contribution in [3.63, 3.8) is 0 Å². The Kier molecular flexibility index (Phi) is 3.09. The second-order valence-corrected chi connectivity index (χ2v) is 5.10. The van der Waals surface area contributed by atoms with Gasteiger partial charge in [0.1, 0.15) is 0 Å². The minimum Gasteiger partial charge on any atom is -0.276 e. The van der Waals surface area contributed by atoms with Crippen molar-refractivity contribution in [2.45, 2.75) is 5.91 Å². The average Bonchev–Trinajstić information content (AvgIpc) is 2.05. The van der Waals surface area contributed by atoms with Gasteiger partial charge in [0.25, 0.3) is 0 Å². The van der Waals surface area contributed by atoms with E-state index in [-0.39, 0.29) is 5.91 Å². The maximum absolute atomic E-state index is 5.47. The van der Waals surface area contributed by atoms with Gasteiger partial charge in [-0.15, -0.1) is 0 Å². The molecule has 1 aromatic carbocycles. The van der Waals surface area contributed by atoms with Crippen molar-refractivity contribution in [2.75, 3.05) is 0 Å². The summed E-state index contributed by atoms with van der Waals surface area (Å²) in [5.41, 5.74) is 10.9. The maximum atomic E-state index is 5.47. The molecule has 58 valence electrons. The molecule has 0 radical (unpaired) electrons. The van der Waals surface area contributed by atoms with E-state index in [4.69, 9.17) is 23.3 Å². The zero-order valence-corrected chi connectivity index (χ0v) is 7.69. The minimum absolute atomic E-state index is 0.387. The van der Waals surface area contributed by atoms with Gasteiger partial charge in [0.2, 0.25) is 12.6 Å². The topological polar surface area (TPSA) is 52.0 Å². The lowest BCUT2D eigenvalue weighted by Gasteiger charge is -1.93. The van der Waals surface area contributed by atoms with E-state index in [1.165, 1.54) is 0 Å². The molecular weight excluding hydrogens is 175 g/mol. The fraction of sp³-hybridized carbons (Fsp3) is 0.143. The summed E-state index contributed by atoms with van der Waals surface area (Å²) in [6.45, 7) is -0.796. The van der Waals surface area contributed by atoms with Gasteiger partial charge < -0.3 is 0 Å². The molecule has 0 saturated carbocycles. The Hall–Kier alpha value is -0.340. The summed E-state index contributed by atoms with van der Waals surface area (Å²) in [6.07, 6.45) is 0. The van der Waals surface area contributed by atoms with Crippen molar-refractivity contribution in [3.8, 4) is 0 Å². The molecule has 0 aliphatic heterocycles. The molecule has 0 heterocycles. The molecule has 0 fully saturated rings. The molecule has 1 unspecified atom stereocenters. The highest BCUT2D eigenvalue weighted by Gasteiger charge is 2.18. The molecule has 0 bridgehead atoms. The van der Waals surface area contributed by atoms with Crippen LogP contribution in [0.15, 0.2) is 30.3 Å². The molecule has 1 aromatic rings. The number of hydrogen-bond acceptors (Lipinski definition) is 3. The Morgan fingerprint density at radius 3 is 2.18 bits per heavy atom. The largest absolute Gasteiger partial charge is 0.276 e. The van der Waals surface area contributed by atoms with Crippen molar-refractivity contribution in [1.82, 2.24) is 0 Å². The molecule has 2 nitrogen and oxygen atoms in total. The molecule has 1 rings (SSSR count). The van der Waals surface area contributed by atoms with Gasteiger partial charge >= 0.3 is 0 Å². The molecular formula is C7H10N2PS+. The highest BCUT2D eigenvalue weighted by atomic mass is 32.4. The Morgan fingerprint density at radius 2 is 1.73 bits per heavy atom. The predicted molar refractivity (Wildman–Crippen MR) is 52.5 cm³/mol. The molecule has 4 heteroatoms. The van der Waals surface area contributed by atoms with Crippen LogP contribution in [0.5, 0.6) is 0 Å². The van der Waals surface area contributed by atoms with E-state index in [9.17, 15) is 0 Å². The van der Waals surface area contributed by atoms with E-state index in [1.807, 2.05) is 30.3 Å². The SMILES string of the molecule is NC(N)[P+](=S)c1ccccc1. The lowest BCUT2D eigenvalue weighted by molar-refractivity contribution is 0.984. The first-order valence-corrected chi connectivity index (χ1v) is 5.67. The van der Waals surface area contributed by atoms with Gasteiger partial charge in [-0.05, 0) is 12.1 Å². The van der Waals surface area contributed by atoms with E-state index in [0.29, 0.717) is 0 Å². The first kappa shape index (κ1) is 8.75. The molecule has 0 aromatic heterocycles. The zero-order valence-electron chi connectivity index (χ0n) is 5.97. The maximum Gasteiger partial charge on any atom is 0.247 e. The van der Waals surface area contributed by atoms with E-state index in [2.05, 4.69) is 0 Å². The molecule has 4 N–H and O–H groups in total. The lowest BCUT2D eigenvalue weighted by atomic mass is 10.4. The quantitative estimate of drug-likeness (QED) is 0.519. The third-order valence-corrected chi connectivity index (χ3v) is 3.99. The summed E-state index contributed by atoms with van der Waals surface area (Å²) in [5.74, 6) is -0.387. The monoisotopic (exact) mass is 185 g/mol. The van der Waals surface area contributed by atoms with Crippen molar-refractivity contribution >= 4 is 23.8 Å². The van der Waals surface area contributed by atoms with Gasteiger partial charge in [0.05, 0.1) is 0 Å². The van der Waals surface area contributed by atoms with Crippen LogP contribution in [0.4, 0.5) is 0 Å². The summed E-state index contributed by atoms with van der Waals surface area (Å²) in [4.78, 5) is 0. The fourth-order valence-corrected chi connectivity index (χ4v) is 1.92. The van der Waals surface area contributed by atoms with Crippen LogP contribution >= 0.6 is 6.70 Å². The number of benzene rings is 1. The van der Waals surface area contributed by atoms with Crippen LogP contribution in [0.3, 0.4) is 0 Å². The Balaban J connectivity index is 2.86. The second kappa shape index (κ2) is 3.88.